The first kappa shape index (κ1) is 17.0. The van der Waals surface area contributed by atoms with Crippen LogP contribution in [0.2, 0.25) is 0 Å². The molecule has 0 radical (unpaired) electrons. The van der Waals surface area contributed by atoms with Gasteiger partial charge in [0, 0.05) is 12.6 Å². The number of phenolic OH excluding ortho intramolecular Hbond substituents is 1. The van der Waals surface area contributed by atoms with Gasteiger partial charge in [0.1, 0.15) is 11.9 Å². The Morgan fingerprint density at radius 1 is 0.960 bits per heavy atom. The molecule has 0 amide bonds. The molecule has 3 aromatic carbocycles. The van der Waals surface area contributed by atoms with E-state index >= 15 is 0 Å². The molecule has 4 nitrogen and oxygen atoms in total. The normalized spacial score (nSPS) is 13.9. The van der Waals surface area contributed by atoms with Crippen LogP contribution in [0.3, 0.4) is 0 Å². The van der Waals surface area contributed by atoms with Gasteiger partial charge >= 0.3 is 0 Å². The molecular weight excluding hydrogens is 312 g/mol. The molecule has 3 rings (SSSR count). The average molecular weight is 334 g/mol. The van der Waals surface area contributed by atoms with Crippen LogP contribution in [0.5, 0.6) is 5.75 Å². The zero-order valence-corrected chi connectivity index (χ0v) is 14.4. The van der Waals surface area contributed by atoms with Gasteiger partial charge in [0.15, 0.2) is 0 Å². The fourth-order valence-electron chi connectivity index (χ4n) is 2.81. The van der Waals surface area contributed by atoms with Crippen molar-refractivity contribution in [2.75, 3.05) is 7.05 Å². The third-order valence-electron chi connectivity index (χ3n) is 4.50. The number of aliphatic hydroxyl groups is 1. The molecule has 2 atom stereocenters. The molecule has 4 heteroatoms. The molecule has 0 heterocycles. The largest absolute Gasteiger partial charge is 0.507 e. The lowest BCUT2D eigenvalue weighted by atomic mass is 10.0. The van der Waals surface area contributed by atoms with Gasteiger partial charge in [0.25, 0.3) is 0 Å². The van der Waals surface area contributed by atoms with Gasteiger partial charge in [0.2, 0.25) is 0 Å². The number of hydrogen-bond donors (Lipinski definition) is 2. The monoisotopic (exact) mass is 334 g/mol. The van der Waals surface area contributed by atoms with Crippen LogP contribution in [0.4, 0.5) is 0 Å². The molecule has 128 valence electrons. The van der Waals surface area contributed by atoms with Crippen LogP contribution in [-0.4, -0.2) is 34.5 Å². The number of aromatic hydroxyl groups is 1. The Kier molecular flexibility index (Phi) is 5.00. The fourth-order valence-corrected chi connectivity index (χ4v) is 2.81. The van der Waals surface area contributed by atoms with Gasteiger partial charge in [0.05, 0.1) is 12.3 Å². The second kappa shape index (κ2) is 7.36. The van der Waals surface area contributed by atoms with Crippen LogP contribution in [0.15, 0.2) is 71.8 Å². The van der Waals surface area contributed by atoms with E-state index in [1.165, 1.54) is 0 Å². The minimum Gasteiger partial charge on any atom is -0.507 e. The number of fused-ring (bicyclic) bond motifs is 1. The van der Waals surface area contributed by atoms with Gasteiger partial charge in [-0.25, -0.2) is 0 Å². The topological polar surface area (TPSA) is 56.1 Å². The number of hydrogen-bond acceptors (Lipinski definition) is 4. The average Bonchev–Trinajstić information content (AvgIpc) is 2.66. The van der Waals surface area contributed by atoms with Gasteiger partial charge in [-0.3, -0.25) is 5.01 Å². The summed E-state index contributed by atoms with van der Waals surface area (Å²) in [6.45, 7) is 1.91. The maximum atomic E-state index is 10.5. The Morgan fingerprint density at radius 2 is 1.64 bits per heavy atom. The Morgan fingerprint density at radius 3 is 2.40 bits per heavy atom. The minimum atomic E-state index is -0.649. The van der Waals surface area contributed by atoms with Crippen LogP contribution in [0, 0.1) is 0 Å². The molecule has 0 unspecified atom stereocenters. The van der Waals surface area contributed by atoms with Crippen LogP contribution in [0.25, 0.3) is 10.8 Å². The molecule has 3 aromatic rings. The summed E-state index contributed by atoms with van der Waals surface area (Å²) >= 11 is 0. The van der Waals surface area contributed by atoms with Crippen LogP contribution in [-0.2, 0) is 0 Å². The number of phenols is 1. The molecule has 0 fully saturated rings. The first-order valence-electron chi connectivity index (χ1n) is 8.28. The van der Waals surface area contributed by atoms with E-state index in [-0.39, 0.29) is 11.8 Å². The summed E-state index contributed by atoms with van der Waals surface area (Å²) in [5, 5.41) is 28.8. The van der Waals surface area contributed by atoms with E-state index in [0.29, 0.717) is 5.56 Å². The minimum absolute atomic E-state index is 0.187. The van der Waals surface area contributed by atoms with Crippen molar-refractivity contribution < 1.29 is 10.2 Å². The molecule has 0 aliphatic carbocycles. The van der Waals surface area contributed by atoms with E-state index < -0.39 is 6.10 Å². The maximum absolute atomic E-state index is 10.5. The lowest BCUT2D eigenvalue weighted by molar-refractivity contribution is 0.0748. The van der Waals surface area contributed by atoms with E-state index in [0.717, 1.165) is 16.3 Å². The highest BCUT2D eigenvalue weighted by molar-refractivity contribution is 6.02. The van der Waals surface area contributed by atoms with Crippen molar-refractivity contribution in [1.29, 1.82) is 0 Å². The zero-order valence-electron chi connectivity index (χ0n) is 14.4. The predicted octanol–water partition coefficient (Wildman–Crippen LogP) is 3.93. The lowest BCUT2D eigenvalue weighted by Crippen LogP contribution is -2.30. The van der Waals surface area contributed by atoms with Gasteiger partial charge < -0.3 is 10.2 Å². The molecule has 0 aromatic heterocycles. The molecule has 0 saturated carbocycles. The standard InChI is InChI=1S/C21H22N2O2/c1-15(21(25)17-9-4-3-5-10-17)23(2)22-14-19-18-11-7-6-8-16(18)12-13-20(19)24/h3-15,21,24-25H,1-2H3/b22-14+/t15-,21-/m0/s1. The number of nitrogens with zero attached hydrogens (tertiary/aromatic N) is 2. The highest BCUT2D eigenvalue weighted by atomic mass is 16.3. The van der Waals surface area contributed by atoms with E-state index in [9.17, 15) is 10.2 Å². The summed E-state index contributed by atoms with van der Waals surface area (Å²) in [4.78, 5) is 0. The molecule has 0 bridgehead atoms. The quantitative estimate of drug-likeness (QED) is 0.549. The Labute approximate surface area is 147 Å². The predicted molar refractivity (Wildman–Crippen MR) is 102 cm³/mol. The van der Waals surface area contributed by atoms with Crippen LogP contribution < -0.4 is 0 Å². The molecule has 0 saturated heterocycles. The van der Waals surface area contributed by atoms with Crippen molar-refractivity contribution in [1.82, 2.24) is 5.01 Å². The van der Waals surface area contributed by atoms with Crippen molar-refractivity contribution in [3.05, 3.63) is 77.9 Å². The molecule has 0 spiro atoms. The van der Waals surface area contributed by atoms with Crippen LogP contribution >= 0.6 is 0 Å². The van der Waals surface area contributed by atoms with E-state index in [1.807, 2.05) is 74.6 Å². The third-order valence-corrected chi connectivity index (χ3v) is 4.50. The Bertz CT molecular complexity index is 877. The smallest absolute Gasteiger partial charge is 0.125 e. The van der Waals surface area contributed by atoms with Crippen LogP contribution in [0.1, 0.15) is 24.2 Å². The first-order valence-corrected chi connectivity index (χ1v) is 8.28. The zero-order chi connectivity index (χ0) is 17.8. The van der Waals surface area contributed by atoms with Gasteiger partial charge in [-0.1, -0.05) is 60.7 Å². The second-order valence-corrected chi connectivity index (χ2v) is 6.13. The van der Waals surface area contributed by atoms with Crippen molar-refractivity contribution >= 4 is 17.0 Å². The lowest BCUT2D eigenvalue weighted by Gasteiger charge is -2.26. The van der Waals surface area contributed by atoms with Gasteiger partial charge in [-0.15, -0.1) is 0 Å². The number of hydrazone groups is 1. The number of rotatable bonds is 5. The molecule has 0 aliphatic rings. The van der Waals surface area contributed by atoms with Crippen molar-refractivity contribution in [3.63, 3.8) is 0 Å². The maximum Gasteiger partial charge on any atom is 0.125 e. The Balaban J connectivity index is 1.83. The van der Waals surface area contributed by atoms with Crippen molar-refractivity contribution in [2.24, 2.45) is 5.10 Å². The second-order valence-electron chi connectivity index (χ2n) is 6.13. The molecule has 2 N–H and O–H groups in total. The molecule has 25 heavy (non-hydrogen) atoms. The number of aliphatic hydroxyl groups excluding tert-OH is 1. The molecular formula is C21H22N2O2. The summed E-state index contributed by atoms with van der Waals surface area (Å²) < 4.78 is 0. The highest BCUT2D eigenvalue weighted by Crippen LogP contribution is 2.26. The van der Waals surface area contributed by atoms with E-state index in [2.05, 4.69) is 5.10 Å². The van der Waals surface area contributed by atoms with Crippen molar-refractivity contribution in [2.45, 2.75) is 19.1 Å². The van der Waals surface area contributed by atoms with E-state index in [4.69, 9.17) is 0 Å². The fraction of sp³-hybridized carbons (Fsp3) is 0.190. The summed E-state index contributed by atoms with van der Waals surface area (Å²) in [6, 6.07) is 20.7. The SMILES string of the molecule is C[C@@H]([C@H](O)c1ccccc1)N(C)/N=C/c1c(O)ccc2ccccc12. The Hall–Kier alpha value is -2.85. The van der Waals surface area contributed by atoms with Gasteiger partial charge in [-0.05, 0) is 29.3 Å². The molecule has 0 aliphatic heterocycles. The number of likely N-dealkylation sites (N-methyl/N-ethyl adjacent to an activating group) is 1. The third kappa shape index (κ3) is 3.64. The van der Waals surface area contributed by atoms with Gasteiger partial charge in [-0.2, -0.15) is 5.10 Å². The summed E-state index contributed by atoms with van der Waals surface area (Å²) in [5.41, 5.74) is 1.52. The van der Waals surface area contributed by atoms with Crippen molar-refractivity contribution in [3.8, 4) is 5.75 Å². The number of benzene rings is 3. The summed E-state index contributed by atoms with van der Waals surface area (Å²) in [7, 11) is 1.81. The first-order chi connectivity index (χ1) is 12.1. The highest BCUT2D eigenvalue weighted by Gasteiger charge is 2.19. The summed E-state index contributed by atoms with van der Waals surface area (Å²) in [5.74, 6) is 0.187. The van der Waals surface area contributed by atoms with E-state index in [1.54, 1.807) is 17.3 Å². The summed E-state index contributed by atoms with van der Waals surface area (Å²) in [6.07, 6.45) is 0.996.